The zero-order valence-electron chi connectivity index (χ0n) is 13.1. The summed E-state index contributed by atoms with van der Waals surface area (Å²) >= 11 is 0. The summed E-state index contributed by atoms with van der Waals surface area (Å²) in [5.41, 5.74) is 2.72. The number of morpholine rings is 1. The van der Waals surface area contributed by atoms with Gasteiger partial charge in [-0.3, -0.25) is 4.90 Å². The number of piperazine rings is 1. The van der Waals surface area contributed by atoms with Gasteiger partial charge in [0.25, 0.3) is 0 Å². The van der Waals surface area contributed by atoms with Crippen LogP contribution >= 0.6 is 0 Å². The highest BCUT2D eigenvalue weighted by Gasteiger charge is 2.19. The van der Waals surface area contributed by atoms with E-state index in [-0.39, 0.29) is 0 Å². The first-order valence-electron chi connectivity index (χ1n) is 8.16. The van der Waals surface area contributed by atoms with E-state index in [1.165, 1.54) is 37.3 Å². The molecule has 0 saturated carbocycles. The summed E-state index contributed by atoms with van der Waals surface area (Å²) in [7, 11) is 0. The monoisotopic (exact) mass is 289 g/mol. The topological polar surface area (TPSA) is 27.7 Å². The molecule has 1 atom stereocenters. The van der Waals surface area contributed by atoms with Crippen LogP contribution in [0.25, 0.3) is 0 Å². The molecule has 4 nitrogen and oxygen atoms in total. The van der Waals surface area contributed by atoms with Crippen molar-refractivity contribution in [2.24, 2.45) is 0 Å². The van der Waals surface area contributed by atoms with Crippen LogP contribution in [0.5, 0.6) is 0 Å². The fraction of sp³-hybridized carbons (Fsp3) is 0.647. The lowest BCUT2D eigenvalue weighted by Gasteiger charge is -2.37. The molecule has 2 fully saturated rings. The number of rotatable bonds is 4. The number of ether oxygens (including phenoxy) is 1. The van der Waals surface area contributed by atoms with Gasteiger partial charge in [-0.25, -0.2) is 0 Å². The molecule has 0 radical (unpaired) electrons. The third-order valence-electron chi connectivity index (χ3n) is 4.53. The molecule has 4 heteroatoms. The van der Waals surface area contributed by atoms with Crippen LogP contribution in [0.4, 0.5) is 5.69 Å². The van der Waals surface area contributed by atoms with Gasteiger partial charge in [-0.05, 0) is 37.6 Å². The van der Waals surface area contributed by atoms with Crippen molar-refractivity contribution < 1.29 is 4.74 Å². The zero-order valence-corrected chi connectivity index (χ0v) is 13.1. The summed E-state index contributed by atoms with van der Waals surface area (Å²) in [6, 6.07) is 9.39. The molecular weight excluding hydrogens is 262 g/mol. The average Bonchev–Trinajstić information content (AvgIpc) is 2.54. The Morgan fingerprint density at radius 2 is 2.10 bits per heavy atom. The van der Waals surface area contributed by atoms with E-state index in [0.29, 0.717) is 6.04 Å². The molecule has 2 aliphatic heterocycles. The van der Waals surface area contributed by atoms with Crippen LogP contribution in [0, 0.1) is 6.92 Å². The fourth-order valence-corrected chi connectivity index (χ4v) is 3.20. The Morgan fingerprint density at radius 3 is 2.81 bits per heavy atom. The van der Waals surface area contributed by atoms with Crippen LogP contribution in [-0.4, -0.2) is 63.4 Å². The highest BCUT2D eigenvalue weighted by Crippen LogP contribution is 2.18. The quantitative estimate of drug-likeness (QED) is 0.909. The number of hydrogen-bond acceptors (Lipinski definition) is 4. The molecule has 21 heavy (non-hydrogen) atoms. The van der Waals surface area contributed by atoms with Crippen molar-refractivity contribution in [1.29, 1.82) is 0 Å². The van der Waals surface area contributed by atoms with Crippen molar-refractivity contribution >= 4 is 5.69 Å². The Balaban J connectivity index is 1.42. The van der Waals surface area contributed by atoms with E-state index in [1.807, 2.05) is 0 Å². The Kier molecular flexibility index (Phi) is 5.12. The molecule has 0 amide bonds. The molecule has 0 aliphatic carbocycles. The zero-order chi connectivity index (χ0) is 14.5. The van der Waals surface area contributed by atoms with Crippen LogP contribution in [-0.2, 0) is 4.74 Å². The molecule has 2 saturated heterocycles. The van der Waals surface area contributed by atoms with Crippen LogP contribution in [0.1, 0.15) is 12.0 Å². The first-order valence-corrected chi connectivity index (χ1v) is 8.16. The normalized spacial score (nSPS) is 24.2. The van der Waals surface area contributed by atoms with Gasteiger partial charge < -0.3 is 15.0 Å². The lowest BCUT2D eigenvalue weighted by molar-refractivity contribution is 0.0696. The second-order valence-electron chi connectivity index (χ2n) is 6.18. The second-order valence-corrected chi connectivity index (χ2v) is 6.18. The lowest BCUT2D eigenvalue weighted by atomic mass is 10.1. The third-order valence-corrected chi connectivity index (χ3v) is 4.53. The van der Waals surface area contributed by atoms with Crippen LogP contribution in [0.2, 0.25) is 0 Å². The summed E-state index contributed by atoms with van der Waals surface area (Å²) in [6.07, 6.45) is 1.20. The van der Waals surface area contributed by atoms with Crippen LogP contribution in [0.15, 0.2) is 24.3 Å². The predicted octanol–water partition coefficient (Wildman–Crippen LogP) is 1.50. The average molecular weight is 289 g/mol. The minimum absolute atomic E-state index is 0.550. The smallest absolute Gasteiger partial charge is 0.0620 e. The molecule has 0 spiro atoms. The molecule has 1 unspecified atom stereocenters. The first-order chi connectivity index (χ1) is 10.3. The van der Waals surface area contributed by atoms with Gasteiger partial charge in [0.1, 0.15) is 0 Å². The van der Waals surface area contributed by atoms with E-state index in [0.717, 1.165) is 32.8 Å². The van der Waals surface area contributed by atoms with Gasteiger partial charge in [0.2, 0.25) is 0 Å². The minimum Gasteiger partial charge on any atom is -0.379 e. The molecule has 1 N–H and O–H groups in total. The van der Waals surface area contributed by atoms with Crippen molar-refractivity contribution in [3.05, 3.63) is 29.8 Å². The SMILES string of the molecule is Cc1cccc(N2CCN(CCC3COCCN3)CC2)c1. The molecular formula is C17H27N3O. The standard InChI is InChI=1S/C17H27N3O/c1-15-3-2-4-17(13-15)20-10-8-19(9-11-20)7-5-16-14-21-12-6-18-16/h2-4,13,16,18H,5-12,14H2,1H3. The summed E-state index contributed by atoms with van der Waals surface area (Å²) < 4.78 is 5.52. The van der Waals surface area contributed by atoms with Gasteiger partial charge in [-0.1, -0.05) is 12.1 Å². The molecule has 116 valence electrons. The first kappa shape index (κ1) is 14.8. The Bertz CT molecular complexity index is 437. The van der Waals surface area contributed by atoms with Gasteiger partial charge in [-0.15, -0.1) is 0 Å². The second kappa shape index (κ2) is 7.25. The van der Waals surface area contributed by atoms with E-state index in [9.17, 15) is 0 Å². The van der Waals surface area contributed by atoms with Crippen LogP contribution in [0.3, 0.4) is 0 Å². The number of anilines is 1. The molecule has 0 aromatic heterocycles. The highest BCUT2D eigenvalue weighted by atomic mass is 16.5. The van der Waals surface area contributed by atoms with E-state index in [2.05, 4.69) is 46.3 Å². The number of aryl methyl sites for hydroxylation is 1. The molecule has 3 rings (SSSR count). The summed E-state index contributed by atoms with van der Waals surface area (Å²) in [5, 5.41) is 3.54. The number of nitrogens with zero attached hydrogens (tertiary/aromatic N) is 2. The van der Waals surface area contributed by atoms with Crippen molar-refractivity contribution in [2.45, 2.75) is 19.4 Å². The van der Waals surface area contributed by atoms with Gasteiger partial charge in [0.05, 0.1) is 13.2 Å². The highest BCUT2D eigenvalue weighted by molar-refractivity contribution is 5.48. The lowest BCUT2D eigenvalue weighted by Crippen LogP contribution is -2.49. The van der Waals surface area contributed by atoms with Crippen molar-refractivity contribution in [2.75, 3.05) is 57.4 Å². The van der Waals surface area contributed by atoms with Crippen molar-refractivity contribution in [3.8, 4) is 0 Å². The van der Waals surface area contributed by atoms with E-state index >= 15 is 0 Å². The van der Waals surface area contributed by atoms with Crippen molar-refractivity contribution in [3.63, 3.8) is 0 Å². The number of hydrogen-bond donors (Lipinski definition) is 1. The fourth-order valence-electron chi connectivity index (χ4n) is 3.20. The van der Waals surface area contributed by atoms with Gasteiger partial charge >= 0.3 is 0 Å². The predicted molar refractivity (Wildman–Crippen MR) is 87.1 cm³/mol. The Hall–Kier alpha value is -1.10. The maximum Gasteiger partial charge on any atom is 0.0620 e. The molecule has 2 heterocycles. The van der Waals surface area contributed by atoms with E-state index in [1.54, 1.807) is 0 Å². The maximum atomic E-state index is 5.52. The largest absolute Gasteiger partial charge is 0.379 e. The Morgan fingerprint density at radius 1 is 1.24 bits per heavy atom. The summed E-state index contributed by atoms with van der Waals surface area (Å²) in [6.45, 7) is 10.7. The van der Waals surface area contributed by atoms with E-state index < -0.39 is 0 Å². The Labute approximate surface area is 128 Å². The van der Waals surface area contributed by atoms with Gasteiger partial charge in [0, 0.05) is 44.5 Å². The number of nitrogens with one attached hydrogen (secondary N) is 1. The molecule has 2 aliphatic rings. The summed E-state index contributed by atoms with van der Waals surface area (Å²) in [4.78, 5) is 5.09. The summed E-state index contributed by atoms with van der Waals surface area (Å²) in [5.74, 6) is 0. The molecule has 0 bridgehead atoms. The minimum atomic E-state index is 0.550. The van der Waals surface area contributed by atoms with Gasteiger partial charge in [-0.2, -0.15) is 0 Å². The molecule has 1 aromatic carbocycles. The van der Waals surface area contributed by atoms with E-state index in [4.69, 9.17) is 4.74 Å². The van der Waals surface area contributed by atoms with Crippen molar-refractivity contribution in [1.82, 2.24) is 10.2 Å². The molecule has 1 aromatic rings. The van der Waals surface area contributed by atoms with Gasteiger partial charge in [0.15, 0.2) is 0 Å². The van der Waals surface area contributed by atoms with Crippen LogP contribution < -0.4 is 10.2 Å². The number of benzene rings is 1. The maximum absolute atomic E-state index is 5.52. The third kappa shape index (κ3) is 4.19.